The molecule has 1 aliphatic heterocycles. The highest BCUT2D eigenvalue weighted by Gasteiger charge is 2.47. The molecule has 7 heteroatoms. The number of benzene rings is 2. The van der Waals surface area contributed by atoms with Crippen LogP contribution in [0.15, 0.2) is 36.4 Å². The van der Waals surface area contributed by atoms with E-state index in [0.717, 1.165) is 55.4 Å². The fourth-order valence-corrected chi connectivity index (χ4v) is 6.08. The molecule has 1 atom stereocenters. The lowest BCUT2D eigenvalue weighted by atomic mass is 9.63. The Labute approximate surface area is 283 Å². The third kappa shape index (κ3) is 11.6. The Morgan fingerprint density at radius 1 is 0.894 bits per heavy atom. The average molecular weight is 647 g/mol. The molecule has 2 aromatic carbocycles. The van der Waals surface area contributed by atoms with E-state index in [1.165, 1.54) is 31.2 Å². The quantitative estimate of drug-likeness (QED) is 0.0702. The topological polar surface area (TPSA) is 104 Å². The van der Waals surface area contributed by atoms with E-state index in [4.69, 9.17) is 24.7 Å². The molecule has 258 valence electrons. The van der Waals surface area contributed by atoms with Crippen LogP contribution in [-0.2, 0) is 16.0 Å². The molecule has 0 saturated carbocycles. The zero-order chi connectivity index (χ0) is 34.5. The van der Waals surface area contributed by atoms with Gasteiger partial charge in [0.1, 0.15) is 5.75 Å². The van der Waals surface area contributed by atoms with Crippen molar-refractivity contribution < 1.29 is 23.7 Å². The predicted octanol–water partition coefficient (Wildman–Crippen LogP) is 9.31. The van der Waals surface area contributed by atoms with Crippen LogP contribution in [-0.4, -0.2) is 38.4 Å². The first-order chi connectivity index (χ1) is 22.3. The number of carbonyl (C=O) groups is 1. The summed E-state index contributed by atoms with van der Waals surface area (Å²) in [5.74, 6) is 2.08. The van der Waals surface area contributed by atoms with E-state index < -0.39 is 11.0 Å². The second-order valence-electron chi connectivity index (χ2n) is 14.9. The molecule has 0 fully saturated rings. The summed E-state index contributed by atoms with van der Waals surface area (Å²) in [6, 6.07) is 14.1. The van der Waals surface area contributed by atoms with Gasteiger partial charge >= 0.3 is 5.97 Å². The highest BCUT2D eigenvalue weighted by Crippen LogP contribution is 2.45. The molecule has 0 aromatic heterocycles. The molecule has 7 nitrogen and oxygen atoms in total. The largest absolute Gasteiger partial charge is 0.493 e. The van der Waals surface area contributed by atoms with Crippen molar-refractivity contribution in [2.45, 2.75) is 118 Å². The molecule has 0 saturated heterocycles. The van der Waals surface area contributed by atoms with Gasteiger partial charge in [-0.25, -0.2) is 0 Å². The third-order valence-electron chi connectivity index (χ3n) is 9.32. The molecule has 3 rings (SSSR count). The van der Waals surface area contributed by atoms with Crippen LogP contribution in [0.25, 0.3) is 11.6 Å². The van der Waals surface area contributed by atoms with Crippen molar-refractivity contribution in [2.75, 3.05) is 26.9 Å². The van der Waals surface area contributed by atoms with Gasteiger partial charge < -0.3 is 24.7 Å². The monoisotopic (exact) mass is 646 g/mol. The van der Waals surface area contributed by atoms with Gasteiger partial charge in [0.2, 0.25) is 0 Å². The lowest BCUT2D eigenvalue weighted by Crippen LogP contribution is -2.49. The van der Waals surface area contributed by atoms with Gasteiger partial charge in [-0.1, -0.05) is 77.8 Å². The Hall–Kier alpha value is -3.50. The number of nitrogens with two attached hydrogens (primary N) is 1. The average Bonchev–Trinajstić information content (AvgIpc) is 3.48. The second-order valence-corrected chi connectivity index (χ2v) is 14.9. The fourth-order valence-electron chi connectivity index (χ4n) is 6.08. The summed E-state index contributed by atoms with van der Waals surface area (Å²) in [7, 11) is 1.62. The van der Waals surface area contributed by atoms with Gasteiger partial charge in [0, 0.05) is 12.0 Å². The lowest BCUT2D eigenvalue weighted by Gasteiger charge is -2.43. The summed E-state index contributed by atoms with van der Waals surface area (Å²) < 4.78 is 23.0. The molecule has 0 amide bonds. The normalized spacial score (nSPS) is 14.5. The van der Waals surface area contributed by atoms with Gasteiger partial charge in [0.05, 0.1) is 44.0 Å². The summed E-state index contributed by atoms with van der Waals surface area (Å²) >= 11 is 0. The van der Waals surface area contributed by atoms with Crippen molar-refractivity contribution >= 4 is 17.6 Å². The number of fused-ring (bicyclic) bond motifs is 1. The minimum absolute atomic E-state index is 0.134. The summed E-state index contributed by atoms with van der Waals surface area (Å²) in [4.78, 5) is 13.0. The van der Waals surface area contributed by atoms with E-state index in [9.17, 15) is 10.1 Å². The molecule has 0 radical (unpaired) electrons. The van der Waals surface area contributed by atoms with Crippen molar-refractivity contribution in [3.63, 3.8) is 0 Å². The zero-order valence-corrected chi connectivity index (χ0v) is 30.0. The van der Waals surface area contributed by atoms with Crippen molar-refractivity contribution in [3.8, 4) is 23.3 Å². The van der Waals surface area contributed by atoms with Crippen LogP contribution in [0.1, 0.15) is 122 Å². The van der Waals surface area contributed by atoms with Crippen LogP contribution in [0.5, 0.6) is 17.2 Å². The van der Waals surface area contributed by atoms with Gasteiger partial charge in [0.15, 0.2) is 11.5 Å². The maximum absolute atomic E-state index is 13.0. The minimum Gasteiger partial charge on any atom is -0.493 e. The van der Waals surface area contributed by atoms with Crippen LogP contribution in [0.4, 0.5) is 0 Å². The first-order valence-electron chi connectivity index (χ1n) is 17.4. The molecule has 1 heterocycles. The zero-order valence-electron chi connectivity index (χ0n) is 30.0. The number of rotatable bonds is 19. The summed E-state index contributed by atoms with van der Waals surface area (Å²) in [6.45, 7) is 14.0. The van der Waals surface area contributed by atoms with Crippen molar-refractivity contribution in [1.29, 1.82) is 5.26 Å². The summed E-state index contributed by atoms with van der Waals surface area (Å²) in [5.41, 5.74) is 8.48. The van der Waals surface area contributed by atoms with E-state index in [2.05, 4.69) is 32.9 Å². The molecule has 0 bridgehead atoms. The minimum atomic E-state index is -0.619. The van der Waals surface area contributed by atoms with E-state index in [1.807, 2.05) is 57.2 Å². The standard InChI is InChI=1S/C40H58N2O5/c1-38(2,3)40(6,29-39(4,5)42)37(43)47-23-16-14-12-10-8-9-11-13-15-22-45-34-20-19-32(27-36(34)44-7)33(28-41)25-30-17-18-31-21-24-46-35(31)26-30/h17-20,25-27H,8-16,21-24,29,42H2,1-7H3/b33-25+. The number of methoxy groups -OCH3 is 1. The lowest BCUT2D eigenvalue weighted by molar-refractivity contribution is -0.164. The number of nitrogens with zero attached hydrogens (tertiary/aromatic N) is 1. The number of ether oxygens (including phenoxy) is 4. The van der Waals surface area contributed by atoms with E-state index in [-0.39, 0.29) is 11.4 Å². The number of hydrogen-bond acceptors (Lipinski definition) is 7. The molecule has 1 unspecified atom stereocenters. The molecular weight excluding hydrogens is 588 g/mol. The number of unbranched alkanes of at least 4 members (excludes halogenated alkanes) is 8. The number of carbonyl (C=O) groups excluding carboxylic acids is 1. The molecule has 0 spiro atoms. The maximum atomic E-state index is 13.0. The molecular formula is C40H58N2O5. The Kier molecular flexibility index (Phi) is 14.2. The predicted molar refractivity (Wildman–Crippen MR) is 191 cm³/mol. The summed E-state index contributed by atoms with van der Waals surface area (Å²) in [5, 5.41) is 9.85. The van der Waals surface area contributed by atoms with Crippen LogP contribution in [0.2, 0.25) is 0 Å². The number of nitriles is 1. The van der Waals surface area contributed by atoms with Crippen molar-refractivity contribution in [1.82, 2.24) is 0 Å². The van der Waals surface area contributed by atoms with Gasteiger partial charge in [-0.05, 0) is 92.5 Å². The Bertz CT molecular complexity index is 1380. The van der Waals surface area contributed by atoms with Crippen molar-refractivity contribution in [2.24, 2.45) is 16.6 Å². The second kappa shape index (κ2) is 17.6. The van der Waals surface area contributed by atoms with Crippen molar-refractivity contribution in [3.05, 3.63) is 53.1 Å². The SMILES string of the molecule is COc1cc(/C(C#N)=C/c2ccc3c(c2)OCC3)ccc1OCCCCCCCCCCCOC(=O)C(C)(CC(C)(C)N)C(C)(C)C. The molecule has 2 aromatic rings. The van der Waals surface area contributed by atoms with Crippen LogP contribution >= 0.6 is 0 Å². The van der Waals surface area contributed by atoms with Gasteiger partial charge in [-0.3, -0.25) is 4.79 Å². The Morgan fingerprint density at radius 2 is 1.53 bits per heavy atom. The number of hydrogen-bond donors (Lipinski definition) is 1. The summed E-state index contributed by atoms with van der Waals surface area (Å²) in [6.07, 6.45) is 13.5. The van der Waals surface area contributed by atoms with Gasteiger partial charge in [-0.15, -0.1) is 0 Å². The number of esters is 1. The molecule has 2 N–H and O–H groups in total. The Morgan fingerprint density at radius 3 is 2.13 bits per heavy atom. The van der Waals surface area contributed by atoms with Gasteiger partial charge in [0.25, 0.3) is 0 Å². The van der Waals surface area contributed by atoms with E-state index in [0.29, 0.717) is 43.3 Å². The van der Waals surface area contributed by atoms with Gasteiger partial charge in [-0.2, -0.15) is 5.26 Å². The fraction of sp³-hybridized carbons (Fsp3) is 0.600. The third-order valence-corrected chi connectivity index (χ3v) is 9.32. The molecule has 47 heavy (non-hydrogen) atoms. The smallest absolute Gasteiger partial charge is 0.312 e. The van der Waals surface area contributed by atoms with Crippen LogP contribution in [0, 0.1) is 22.2 Å². The molecule has 0 aliphatic carbocycles. The highest BCUT2D eigenvalue weighted by molar-refractivity contribution is 5.90. The first kappa shape index (κ1) is 38.0. The van der Waals surface area contributed by atoms with Crippen LogP contribution < -0.4 is 19.9 Å². The first-order valence-corrected chi connectivity index (χ1v) is 17.4. The Balaban J connectivity index is 1.29. The molecule has 1 aliphatic rings. The maximum Gasteiger partial charge on any atom is 0.312 e. The van der Waals surface area contributed by atoms with E-state index >= 15 is 0 Å². The van der Waals surface area contributed by atoms with Crippen LogP contribution in [0.3, 0.4) is 0 Å². The number of allylic oxidation sites excluding steroid dienone is 1. The van der Waals surface area contributed by atoms with E-state index in [1.54, 1.807) is 7.11 Å². The highest BCUT2D eigenvalue weighted by atomic mass is 16.5.